The van der Waals surface area contributed by atoms with E-state index < -0.39 is 0 Å². The summed E-state index contributed by atoms with van der Waals surface area (Å²) in [5.74, 6) is 0.200. The number of carbonyl (C=O) groups is 2. The Hall–Kier alpha value is -2.24. The van der Waals surface area contributed by atoms with Crippen LogP contribution in [0.2, 0.25) is 10.0 Å². The Morgan fingerprint density at radius 3 is 2.42 bits per heavy atom. The molecule has 0 radical (unpaired) electrons. The van der Waals surface area contributed by atoms with Crippen LogP contribution in [0.5, 0.6) is 5.75 Å². The fourth-order valence-electron chi connectivity index (χ4n) is 2.25. The number of anilines is 1. The second-order valence-electron chi connectivity index (χ2n) is 5.49. The molecule has 0 bridgehead atoms. The SMILES string of the molecule is CCOc1ccc(Cl)cc1NC(=O)CCCNC(=O)c1ccc(Cl)cc1. The second-order valence-corrected chi connectivity index (χ2v) is 6.36. The highest BCUT2D eigenvalue weighted by Gasteiger charge is 2.09. The van der Waals surface area contributed by atoms with E-state index in [0.717, 1.165) is 0 Å². The normalized spacial score (nSPS) is 10.3. The largest absolute Gasteiger partial charge is 0.492 e. The first-order valence-corrected chi connectivity index (χ1v) is 9.01. The molecule has 0 aliphatic carbocycles. The van der Waals surface area contributed by atoms with E-state index in [1.807, 2.05) is 6.92 Å². The van der Waals surface area contributed by atoms with Crippen LogP contribution >= 0.6 is 23.2 Å². The molecule has 0 spiro atoms. The van der Waals surface area contributed by atoms with Gasteiger partial charge in [0.25, 0.3) is 5.91 Å². The van der Waals surface area contributed by atoms with Gasteiger partial charge in [0.1, 0.15) is 5.75 Å². The van der Waals surface area contributed by atoms with Crippen molar-refractivity contribution in [2.75, 3.05) is 18.5 Å². The zero-order chi connectivity index (χ0) is 18.9. The molecule has 2 rings (SSSR count). The van der Waals surface area contributed by atoms with Gasteiger partial charge in [-0.15, -0.1) is 0 Å². The van der Waals surface area contributed by atoms with Gasteiger partial charge in [0.05, 0.1) is 12.3 Å². The number of ether oxygens (including phenoxy) is 1. The van der Waals surface area contributed by atoms with E-state index in [1.54, 1.807) is 42.5 Å². The first-order valence-electron chi connectivity index (χ1n) is 8.25. The van der Waals surface area contributed by atoms with Crippen molar-refractivity contribution in [2.24, 2.45) is 0 Å². The number of carbonyl (C=O) groups excluding carboxylic acids is 2. The third-order valence-electron chi connectivity index (χ3n) is 3.49. The summed E-state index contributed by atoms with van der Waals surface area (Å²) in [5, 5.41) is 6.64. The fraction of sp³-hybridized carbons (Fsp3) is 0.263. The first-order chi connectivity index (χ1) is 12.5. The van der Waals surface area contributed by atoms with E-state index in [2.05, 4.69) is 10.6 Å². The van der Waals surface area contributed by atoms with Gasteiger partial charge in [-0.3, -0.25) is 9.59 Å². The molecule has 5 nitrogen and oxygen atoms in total. The van der Waals surface area contributed by atoms with Crippen LogP contribution in [0.1, 0.15) is 30.1 Å². The van der Waals surface area contributed by atoms with Crippen molar-refractivity contribution in [1.29, 1.82) is 0 Å². The summed E-state index contributed by atoms with van der Waals surface area (Å²) >= 11 is 11.8. The van der Waals surface area contributed by atoms with E-state index in [9.17, 15) is 9.59 Å². The molecule has 2 amide bonds. The number of amides is 2. The Kier molecular flexibility index (Phi) is 7.75. The Morgan fingerprint density at radius 1 is 1.04 bits per heavy atom. The van der Waals surface area contributed by atoms with Crippen molar-refractivity contribution >= 4 is 40.7 Å². The Morgan fingerprint density at radius 2 is 1.73 bits per heavy atom. The number of benzene rings is 2. The molecular formula is C19H20Cl2N2O3. The molecule has 2 N–H and O–H groups in total. The maximum absolute atomic E-state index is 12.1. The lowest BCUT2D eigenvalue weighted by molar-refractivity contribution is -0.116. The van der Waals surface area contributed by atoms with Gasteiger partial charge in [0.15, 0.2) is 0 Å². The van der Waals surface area contributed by atoms with Crippen molar-refractivity contribution in [3.63, 3.8) is 0 Å². The number of hydrogen-bond donors (Lipinski definition) is 2. The first kappa shape index (κ1) is 20.1. The molecule has 7 heteroatoms. The molecule has 0 aliphatic heterocycles. The van der Waals surface area contributed by atoms with Crippen molar-refractivity contribution in [3.05, 3.63) is 58.1 Å². The average Bonchev–Trinajstić information content (AvgIpc) is 2.61. The fourth-order valence-corrected chi connectivity index (χ4v) is 2.55. The van der Waals surface area contributed by atoms with Gasteiger partial charge in [-0.25, -0.2) is 0 Å². The van der Waals surface area contributed by atoms with Crippen LogP contribution in [-0.2, 0) is 4.79 Å². The Bertz CT molecular complexity index is 764. The molecule has 0 heterocycles. The maximum atomic E-state index is 12.1. The second kappa shape index (κ2) is 10.0. The summed E-state index contributed by atoms with van der Waals surface area (Å²) < 4.78 is 5.47. The lowest BCUT2D eigenvalue weighted by Crippen LogP contribution is -2.25. The molecule has 0 aliphatic rings. The summed E-state index contributed by atoms with van der Waals surface area (Å²) in [6.07, 6.45) is 0.772. The topological polar surface area (TPSA) is 67.4 Å². The van der Waals surface area contributed by atoms with Gasteiger partial charge in [0, 0.05) is 28.6 Å². The van der Waals surface area contributed by atoms with E-state index in [1.165, 1.54) is 0 Å². The minimum absolute atomic E-state index is 0.172. The molecule has 26 heavy (non-hydrogen) atoms. The zero-order valence-corrected chi connectivity index (χ0v) is 15.9. The molecule has 2 aromatic carbocycles. The summed E-state index contributed by atoms with van der Waals surface area (Å²) in [7, 11) is 0. The standard InChI is InChI=1S/C19H20Cl2N2O3/c1-2-26-17-10-9-15(21)12-16(17)23-18(24)4-3-11-22-19(25)13-5-7-14(20)8-6-13/h5-10,12H,2-4,11H2,1H3,(H,22,25)(H,23,24). The predicted molar refractivity (Wildman–Crippen MR) is 104 cm³/mol. The molecule has 0 fully saturated rings. The molecule has 0 atom stereocenters. The molecule has 0 aromatic heterocycles. The third-order valence-corrected chi connectivity index (χ3v) is 3.98. The lowest BCUT2D eigenvalue weighted by Gasteiger charge is -2.12. The molecule has 0 saturated carbocycles. The number of rotatable bonds is 8. The van der Waals surface area contributed by atoms with Crippen LogP contribution in [0.4, 0.5) is 5.69 Å². The summed E-state index contributed by atoms with van der Waals surface area (Å²) in [6.45, 7) is 2.74. The van der Waals surface area contributed by atoms with Gasteiger partial charge >= 0.3 is 0 Å². The minimum Gasteiger partial charge on any atom is -0.492 e. The third kappa shape index (κ3) is 6.24. The van der Waals surface area contributed by atoms with Gasteiger partial charge in [-0.05, 0) is 55.8 Å². The van der Waals surface area contributed by atoms with Crippen molar-refractivity contribution < 1.29 is 14.3 Å². The minimum atomic E-state index is -0.199. The van der Waals surface area contributed by atoms with Gasteiger partial charge in [0.2, 0.25) is 5.91 Å². The van der Waals surface area contributed by atoms with Crippen LogP contribution in [0.25, 0.3) is 0 Å². The van der Waals surface area contributed by atoms with E-state index >= 15 is 0 Å². The molecule has 0 unspecified atom stereocenters. The predicted octanol–water partition coefficient (Wildman–Crippen LogP) is 4.54. The Balaban J connectivity index is 1.78. The van der Waals surface area contributed by atoms with E-state index in [4.69, 9.17) is 27.9 Å². The molecule has 2 aromatic rings. The van der Waals surface area contributed by atoms with Crippen LogP contribution < -0.4 is 15.4 Å². The van der Waals surface area contributed by atoms with Crippen molar-refractivity contribution in [1.82, 2.24) is 5.32 Å². The van der Waals surface area contributed by atoms with Gasteiger partial charge < -0.3 is 15.4 Å². The number of nitrogens with one attached hydrogen (secondary N) is 2. The lowest BCUT2D eigenvalue weighted by atomic mass is 10.2. The average molecular weight is 395 g/mol. The van der Waals surface area contributed by atoms with Crippen molar-refractivity contribution in [3.8, 4) is 5.75 Å². The zero-order valence-electron chi connectivity index (χ0n) is 14.4. The molecule has 0 saturated heterocycles. The highest BCUT2D eigenvalue weighted by Crippen LogP contribution is 2.28. The Labute approximate surface area is 162 Å². The van der Waals surface area contributed by atoms with Gasteiger partial charge in [-0.2, -0.15) is 0 Å². The summed E-state index contributed by atoms with van der Waals surface area (Å²) in [5.41, 5.74) is 1.06. The quantitative estimate of drug-likeness (QED) is 0.645. The number of hydrogen-bond acceptors (Lipinski definition) is 3. The van der Waals surface area contributed by atoms with Crippen LogP contribution in [-0.4, -0.2) is 25.0 Å². The smallest absolute Gasteiger partial charge is 0.251 e. The molecular weight excluding hydrogens is 375 g/mol. The maximum Gasteiger partial charge on any atom is 0.251 e. The highest BCUT2D eigenvalue weighted by atomic mass is 35.5. The van der Waals surface area contributed by atoms with Crippen molar-refractivity contribution in [2.45, 2.75) is 19.8 Å². The summed E-state index contributed by atoms with van der Waals surface area (Å²) in [4.78, 5) is 24.1. The van der Waals surface area contributed by atoms with Crippen LogP contribution in [0.15, 0.2) is 42.5 Å². The summed E-state index contributed by atoms with van der Waals surface area (Å²) in [6, 6.07) is 11.7. The molecule has 138 valence electrons. The van der Waals surface area contributed by atoms with Crippen LogP contribution in [0.3, 0.4) is 0 Å². The van der Waals surface area contributed by atoms with E-state index in [-0.39, 0.29) is 18.2 Å². The van der Waals surface area contributed by atoms with Crippen LogP contribution in [0, 0.1) is 0 Å². The highest BCUT2D eigenvalue weighted by molar-refractivity contribution is 6.31. The monoisotopic (exact) mass is 394 g/mol. The number of halogens is 2. The van der Waals surface area contributed by atoms with E-state index in [0.29, 0.717) is 46.6 Å². The van der Waals surface area contributed by atoms with Gasteiger partial charge in [-0.1, -0.05) is 23.2 Å².